The highest BCUT2D eigenvalue weighted by molar-refractivity contribution is 6.00. The molecule has 0 spiro atoms. The van der Waals surface area contributed by atoms with Crippen molar-refractivity contribution in [3.05, 3.63) is 41.6 Å². The van der Waals surface area contributed by atoms with Crippen molar-refractivity contribution in [1.29, 1.82) is 0 Å². The van der Waals surface area contributed by atoms with Crippen LogP contribution >= 0.6 is 0 Å². The van der Waals surface area contributed by atoms with Crippen LogP contribution in [0.15, 0.2) is 22.6 Å². The van der Waals surface area contributed by atoms with Gasteiger partial charge in [-0.05, 0) is 12.1 Å². The van der Waals surface area contributed by atoms with E-state index in [4.69, 9.17) is 4.42 Å². The first-order chi connectivity index (χ1) is 8.06. The number of aromatic nitrogens is 2. The minimum atomic E-state index is -1.05. The van der Waals surface area contributed by atoms with Crippen molar-refractivity contribution in [3.8, 4) is 0 Å². The maximum absolute atomic E-state index is 12.9. The Kier molecular flexibility index (Phi) is 2.82. The molecule has 0 aliphatic carbocycles. The van der Waals surface area contributed by atoms with Crippen molar-refractivity contribution < 1.29 is 18.0 Å². The van der Waals surface area contributed by atoms with Crippen molar-refractivity contribution in [2.24, 2.45) is 0 Å². The van der Waals surface area contributed by atoms with Gasteiger partial charge in [0.25, 0.3) is 0 Å². The first-order valence-electron chi connectivity index (χ1n) is 4.63. The van der Waals surface area contributed by atoms with Crippen LogP contribution in [-0.2, 0) is 0 Å². The molecule has 0 saturated carbocycles. The zero-order valence-electron chi connectivity index (χ0n) is 8.70. The van der Waals surface area contributed by atoms with Crippen LogP contribution in [0.4, 0.5) is 14.5 Å². The van der Waals surface area contributed by atoms with Gasteiger partial charge >= 0.3 is 11.8 Å². The summed E-state index contributed by atoms with van der Waals surface area (Å²) in [6, 6.07) is 2.99. The Labute approximate surface area is 94.5 Å². The van der Waals surface area contributed by atoms with Gasteiger partial charge in [0.05, 0.1) is 0 Å². The number of nitrogens with zero attached hydrogens (tertiary/aromatic N) is 2. The molecule has 0 fully saturated rings. The molecular weight excluding hydrogens is 232 g/mol. The Hall–Kier alpha value is -2.31. The molecule has 0 bridgehead atoms. The molecule has 1 heterocycles. The first-order valence-corrected chi connectivity index (χ1v) is 4.63. The van der Waals surface area contributed by atoms with Crippen LogP contribution < -0.4 is 5.32 Å². The van der Waals surface area contributed by atoms with Crippen molar-refractivity contribution >= 4 is 11.6 Å². The smallest absolute Gasteiger partial charge is 0.313 e. The Morgan fingerprint density at radius 3 is 2.65 bits per heavy atom. The highest BCUT2D eigenvalue weighted by atomic mass is 19.2. The van der Waals surface area contributed by atoms with Gasteiger partial charge < -0.3 is 9.73 Å². The number of hydrogen-bond donors (Lipinski definition) is 1. The van der Waals surface area contributed by atoms with E-state index < -0.39 is 17.5 Å². The van der Waals surface area contributed by atoms with Crippen molar-refractivity contribution in [3.63, 3.8) is 0 Å². The van der Waals surface area contributed by atoms with Gasteiger partial charge in [-0.25, -0.2) is 8.78 Å². The Morgan fingerprint density at radius 1 is 1.29 bits per heavy atom. The first kappa shape index (κ1) is 11.2. The molecular formula is C10H7F2N3O2. The maximum Gasteiger partial charge on any atom is 0.313 e. The van der Waals surface area contributed by atoms with Crippen LogP contribution in [0.1, 0.15) is 16.6 Å². The third-order valence-electron chi connectivity index (χ3n) is 1.90. The Bertz CT molecular complexity index is 568. The summed E-state index contributed by atoms with van der Waals surface area (Å²) in [6.45, 7) is 1.53. The predicted octanol–water partition coefficient (Wildman–Crippen LogP) is 1.91. The van der Waals surface area contributed by atoms with Gasteiger partial charge in [0, 0.05) is 18.7 Å². The van der Waals surface area contributed by atoms with Crippen LogP contribution in [0, 0.1) is 18.6 Å². The van der Waals surface area contributed by atoms with E-state index in [1.54, 1.807) is 0 Å². The number of carbonyl (C=O) groups excluding carboxylic acids is 1. The average molecular weight is 239 g/mol. The molecule has 0 saturated heterocycles. The van der Waals surface area contributed by atoms with Gasteiger partial charge in [-0.15, -0.1) is 10.2 Å². The minimum absolute atomic E-state index is 0.102. The standard InChI is InChI=1S/C10H7F2N3O2/c1-5-14-15-10(17-5)9(16)13-6-2-3-7(11)8(12)4-6/h2-4H,1H3,(H,13,16). The molecule has 0 aliphatic heterocycles. The summed E-state index contributed by atoms with van der Waals surface area (Å²) in [4.78, 5) is 11.5. The number of halogens is 2. The fourth-order valence-corrected chi connectivity index (χ4v) is 1.15. The number of aryl methyl sites for hydroxylation is 1. The molecule has 1 aromatic carbocycles. The second-order valence-electron chi connectivity index (χ2n) is 3.21. The van der Waals surface area contributed by atoms with E-state index in [9.17, 15) is 13.6 Å². The molecule has 17 heavy (non-hydrogen) atoms. The number of amides is 1. The lowest BCUT2D eigenvalue weighted by Gasteiger charge is -2.02. The zero-order chi connectivity index (χ0) is 12.4. The summed E-state index contributed by atoms with van der Waals surface area (Å²) in [6.07, 6.45) is 0. The van der Waals surface area contributed by atoms with Crippen LogP contribution in [0.25, 0.3) is 0 Å². The quantitative estimate of drug-likeness (QED) is 0.869. The fourth-order valence-electron chi connectivity index (χ4n) is 1.15. The number of hydrogen-bond acceptors (Lipinski definition) is 4. The topological polar surface area (TPSA) is 68.0 Å². The highest BCUT2D eigenvalue weighted by Crippen LogP contribution is 2.14. The molecule has 0 radical (unpaired) electrons. The second-order valence-corrected chi connectivity index (χ2v) is 3.21. The Balaban J connectivity index is 2.15. The van der Waals surface area contributed by atoms with Gasteiger partial charge in [0.1, 0.15) is 0 Å². The number of benzene rings is 1. The van der Waals surface area contributed by atoms with E-state index in [0.717, 1.165) is 12.1 Å². The second kappa shape index (κ2) is 4.28. The number of carbonyl (C=O) groups is 1. The third kappa shape index (κ3) is 2.44. The molecule has 2 rings (SSSR count). The molecule has 5 nitrogen and oxygen atoms in total. The lowest BCUT2D eigenvalue weighted by Crippen LogP contribution is -2.12. The zero-order valence-corrected chi connectivity index (χ0v) is 8.70. The van der Waals surface area contributed by atoms with E-state index in [2.05, 4.69) is 15.5 Å². The van der Waals surface area contributed by atoms with Crippen molar-refractivity contribution in [2.75, 3.05) is 5.32 Å². The van der Waals surface area contributed by atoms with E-state index in [0.29, 0.717) is 0 Å². The fraction of sp³-hybridized carbons (Fsp3) is 0.100. The monoisotopic (exact) mass is 239 g/mol. The largest absolute Gasteiger partial charge is 0.417 e. The number of anilines is 1. The lowest BCUT2D eigenvalue weighted by atomic mass is 10.3. The van der Waals surface area contributed by atoms with E-state index in [-0.39, 0.29) is 17.5 Å². The Morgan fingerprint density at radius 2 is 2.06 bits per heavy atom. The summed E-state index contributed by atoms with van der Waals surface area (Å²) >= 11 is 0. The molecule has 88 valence electrons. The van der Waals surface area contributed by atoms with Crippen molar-refractivity contribution in [2.45, 2.75) is 6.92 Å². The van der Waals surface area contributed by atoms with Crippen LogP contribution in [0.2, 0.25) is 0 Å². The summed E-state index contributed by atoms with van der Waals surface area (Å²) in [7, 11) is 0. The molecule has 1 N–H and O–H groups in total. The SMILES string of the molecule is Cc1nnc(C(=O)Nc2ccc(F)c(F)c2)o1. The van der Waals surface area contributed by atoms with Crippen LogP contribution in [0.5, 0.6) is 0 Å². The average Bonchev–Trinajstić information content (AvgIpc) is 2.70. The van der Waals surface area contributed by atoms with E-state index in [1.807, 2.05) is 0 Å². The summed E-state index contributed by atoms with van der Waals surface area (Å²) in [5, 5.41) is 9.25. The third-order valence-corrected chi connectivity index (χ3v) is 1.90. The molecule has 0 atom stereocenters. The molecule has 0 unspecified atom stereocenters. The molecule has 1 amide bonds. The van der Waals surface area contributed by atoms with Crippen molar-refractivity contribution in [1.82, 2.24) is 10.2 Å². The lowest BCUT2D eigenvalue weighted by molar-refractivity contribution is 0.0989. The number of nitrogens with one attached hydrogen (secondary N) is 1. The molecule has 7 heteroatoms. The van der Waals surface area contributed by atoms with Gasteiger partial charge in [-0.3, -0.25) is 4.79 Å². The maximum atomic E-state index is 12.9. The number of rotatable bonds is 2. The highest BCUT2D eigenvalue weighted by Gasteiger charge is 2.14. The van der Waals surface area contributed by atoms with Gasteiger partial charge in [-0.1, -0.05) is 0 Å². The molecule has 2 aromatic rings. The van der Waals surface area contributed by atoms with Crippen LogP contribution in [0.3, 0.4) is 0 Å². The summed E-state index contributed by atoms with van der Waals surface area (Å²) < 4.78 is 30.4. The normalized spacial score (nSPS) is 10.3. The predicted molar refractivity (Wildman–Crippen MR) is 53.3 cm³/mol. The summed E-state index contributed by atoms with van der Waals surface area (Å²) in [5.41, 5.74) is 0.102. The van der Waals surface area contributed by atoms with Gasteiger partial charge in [0.2, 0.25) is 5.89 Å². The van der Waals surface area contributed by atoms with E-state index in [1.165, 1.54) is 13.0 Å². The van der Waals surface area contributed by atoms with E-state index >= 15 is 0 Å². The minimum Gasteiger partial charge on any atom is -0.417 e. The van der Waals surface area contributed by atoms with Gasteiger partial charge in [-0.2, -0.15) is 0 Å². The molecule has 0 aliphatic rings. The molecule has 1 aromatic heterocycles. The summed E-state index contributed by atoms with van der Waals surface area (Å²) in [5.74, 6) is -2.73. The van der Waals surface area contributed by atoms with Gasteiger partial charge in [0.15, 0.2) is 11.6 Å². The van der Waals surface area contributed by atoms with Crippen LogP contribution in [-0.4, -0.2) is 16.1 Å².